The summed E-state index contributed by atoms with van der Waals surface area (Å²) in [5, 5.41) is 3.29. The average molecular weight is 236 g/mol. The summed E-state index contributed by atoms with van der Waals surface area (Å²) >= 11 is 0. The maximum Gasteiger partial charge on any atom is 0.281 e. The zero-order valence-corrected chi connectivity index (χ0v) is 9.22. The van der Waals surface area contributed by atoms with Crippen LogP contribution in [-0.4, -0.2) is 19.1 Å². The van der Waals surface area contributed by atoms with Gasteiger partial charge in [-0.1, -0.05) is 18.2 Å². The van der Waals surface area contributed by atoms with E-state index in [2.05, 4.69) is 15.0 Å². The van der Waals surface area contributed by atoms with Gasteiger partial charge < -0.3 is 0 Å². The smallest absolute Gasteiger partial charge is 0.256 e. The van der Waals surface area contributed by atoms with Crippen LogP contribution >= 0.6 is 0 Å². The molecule has 1 aliphatic heterocycles. The highest BCUT2D eigenvalue weighted by Gasteiger charge is 2.56. The van der Waals surface area contributed by atoms with Gasteiger partial charge in [0.2, 0.25) is 9.84 Å². The molecule has 0 N–H and O–H groups in total. The number of aliphatic imine (C=N–C) groups is 1. The first-order chi connectivity index (χ1) is 7.54. The fourth-order valence-electron chi connectivity index (χ4n) is 1.43. The summed E-state index contributed by atoms with van der Waals surface area (Å²) in [5.74, 6) is 0. The van der Waals surface area contributed by atoms with Crippen molar-refractivity contribution in [1.29, 1.82) is 0 Å². The van der Waals surface area contributed by atoms with Crippen molar-refractivity contribution in [2.75, 3.05) is 0 Å². The van der Waals surface area contributed by atoms with E-state index >= 15 is 0 Å². The topological polar surface area (TPSA) is 95.3 Å². The van der Waals surface area contributed by atoms with Gasteiger partial charge in [0, 0.05) is 4.91 Å². The lowest BCUT2D eigenvalue weighted by atomic mass is 10.4. The molecule has 0 saturated heterocycles. The van der Waals surface area contributed by atoms with Crippen molar-refractivity contribution < 1.29 is 8.42 Å². The lowest BCUT2D eigenvalue weighted by Crippen LogP contribution is -2.27. The van der Waals surface area contributed by atoms with Crippen molar-refractivity contribution in [3.63, 3.8) is 0 Å². The average Bonchev–Trinajstić information content (AvgIpc) is 2.93. The van der Waals surface area contributed by atoms with Gasteiger partial charge in [0.1, 0.15) is 0 Å². The van der Waals surface area contributed by atoms with E-state index in [9.17, 15) is 8.42 Å². The van der Waals surface area contributed by atoms with Crippen LogP contribution in [0.15, 0.2) is 45.3 Å². The molecule has 1 atom stereocenters. The SMILES string of the molecule is CC1=NC1(N=[N+]=[N-])S(=O)(=O)c1ccccc1. The first kappa shape index (κ1) is 10.7. The molecule has 82 valence electrons. The van der Waals surface area contributed by atoms with E-state index in [-0.39, 0.29) is 4.90 Å². The largest absolute Gasteiger partial charge is 0.281 e. The Morgan fingerprint density at radius 3 is 2.38 bits per heavy atom. The third-order valence-electron chi connectivity index (χ3n) is 2.35. The number of rotatable bonds is 3. The van der Waals surface area contributed by atoms with Gasteiger partial charge in [-0.05, 0) is 29.7 Å². The minimum absolute atomic E-state index is 0.100. The molecule has 1 aromatic carbocycles. The molecule has 7 heteroatoms. The lowest BCUT2D eigenvalue weighted by Gasteiger charge is -2.09. The molecule has 0 spiro atoms. The summed E-state index contributed by atoms with van der Waals surface area (Å²) in [6.07, 6.45) is 0. The second-order valence-electron chi connectivity index (χ2n) is 3.31. The van der Waals surface area contributed by atoms with Crippen LogP contribution in [0.4, 0.5) is 0 Å². The number of azide groups is 1. The zero-order valence-electron chi connectivity index (χ0n) is 8.40. The van der Waals surface area contributed by atoms with Crippen LogP contribution in [0.25, 0.3) is 10.4 Å². The van der Waals surface area contributed by atoms with E-state index in [0.29, 0.717) is 5.71 Å². The Labute approximate surface area is 92.2 Å². The molecule has 1 aromatic rings. The number of hydrogen-bond acceptors (Lipinski definition) is 4. The summed E-state index contributed by atoms with van der Waals surface area (Å²) in [6.45, 7) is 1.52. The monoisotopic (exact) mass is 236 g/mol. The predicted octanol–water partition coefficient (Wildman–Crippen LogP) is 1.90. The molecule has 1 aliphatic rings. The molecule has 1 unspecified atom stereocenters. The molecule has 1 heterocycles. The van der Waals surface area contributed by atoms with Gasteiger partial charge in [-0.15, -0.1) is 0 Å². The van der Waals surface area contributed by atoms with Gasteiger partial charge in [0.15, 0.2) is 0 Å². The lowest BCUT2D eigenvalue weighted by molar-refractivity contribution is 0.580. The Morgan fingerprint density at radius 2 is 1.94 bits per heavy atom. The Bertz CT molecular complexity index is 602. The highest BCUT2D eigenvalue weighted by atomic mass is 32.2. The molecule has 16 heavy (non-hydrogen) atoms. The van der Waals surface area contributed by atoms with Crippen LogP contribution in [0.1, 0.15) is 6.92 Å². The Hall–Kier alpha value is -1.85. The van der Waals surface area contributed by atoms with Crippen LogP contribution in [0.3, 0.4) is 0 Å². The Morgan fingerprint density at radius 1 is 1.38 bits per heavy atom. The zero-order chi connectivity index (χ0) is 11.8. The van der Waals surface area contributed by atoms with Crippen molar-refractivity contribution >= 4 is 15.5 Å². The highest BCUT2D eigenvalue weighted by molar-refractivity contribution is 7.94. The molecule has 0 saturated carbocycles. The fourth-order valence-corrected chi connectivity index (χ4v) is 3.06. The van der Waals surface area contributed by atoms with Crippen molar-refractivity contribution in [2.45, 2.75) is 16.8 Å². The van der Waals surface area contributed by atoms with E-state index in [4.69, 9.17) is 5.53 Å². The molecule has 0 fully saturated rings. The van der Waals surface area contributed by atoms with Crippen LogP contribution < -0.4 is 0 Å². The van der Waals surface area contributed by atoms with Gasteiger partial charge in [0.25, 0.3) is 4.99 Å². The molecule has 0 amide bonds. The number of hydrogen-bond donors (Lipinski definition) is 0. The molecular formula is C9H8N4O2S. The first-order valence-corrected chi connectivity index (χ1v) is 5.96. The predicted molar refractivity (Wildman–Crippen MR) is 58.6 cm³/mol. The number of nitrogens with zero attached hydrogens (tertiary/aromatic N) is 4. The summed E-state index contributed by atoms with van der Waals surface area (Å²) in [7, 11) is -3.76. The van der Waals surface area contributed by atoms with Crippen molar-refractivity contribution in [3.05, 3.63) is 40.8 Å². The second kappa shape index (κ2) is 3.33. The molecule has 6 nitrogen and oxygen atoms in total. The maximum atomic E-state index is 12.1. The van der Waals surface area contributed by atoms with E-state index < -0.39 is 14.8 Å². The quantitative estimate of drug-likeness (QED) is 0.455. The van der Waals surface area contributed by atoms with Gasteiger partial charge in [0.05, 0.1) is 10.6 Å². The highest BCUT2D eigenvalue weighted by Crippen LogP contribution is 2.39. The van der Waals surface area contributed by atoms with E-state index in [1.165, 1.54) is 19.1 Å². The normalized spacial score (nSPS) is 23.2. The van der Waals surface area contributed by atoms with Gasteiger partial charge in [-0.25, -0.2) is 8.42 Å². The van der Waals surface area contributed by atoms with Crippen molar-refractivity contribution in [3.8, 4) is 0 Å². The van der Waals surface area contributed by atoms with Crippen molar-refractivity contribution in [1.82, 2.24) is 0 Å². The van der Waals surface area contributed by atoms with Crippen LogP contribution in [0.2, 0.25) is 0 Å². The van der Waals surface area contributed by atoms with Gasteiger partial charge >= 0.3 is 0 Å². The van der Waals surface area contributed by atoms with Crippen LogP contribution in [0, 0.1) is 0 Å². The molecule has 0 aliphatic carbocycles. The molecule has 0 aromatic heterocycles. The van der Waals surface area contributed by atoms with Crippen LogP contribution in [-0.2, 0) is 9.84 Å². The van der Waals surface area contributed by atoms with E-state index in [1.807, 2.05) is 0 Å². The van der Waals surface area contributed by atoms with E-state index in [0.717, 1.165) is 0 Å². The summed E-state index contributed by atoms with van der Waals surface area (Å²) in [6, 6.07) is 7.82. The summed E-state index contributed by atoms with van der Waals surface area (Å²) in [5.41, 5.74) is 8.70. The number of benzene rings is 1. The molecule has 0 bridgehead atoms. The molecular weight excluding hydrogens is 228 g/mol. The van der Waals surface area contributed by atoms with Crippen molar-refractivity contribution in [2.24, 2.45) is 10.1 Å². The minimum atomic E-state index is -3.76. The van der Waals surface area contributed by atoms with Gasteiger partial charge in [-0.2, -0.15) is 0 Å². The molecule has 0 radical (unpaired) electrons. The Kier molecular flexibility index (Phi) is 2.22. The summed E-state index contributed by atoms with van der Waals surface area (Å²) < 4.78 is 24.3. The standard InChI is InChI=1S/C9H8N4O2S/c1-7-9(11-7,12-13-10)16(14,15)8-5-3-2-4-6-8/h2-6H,1H3. The summed E-state index contributed by atoms with van der Waals surface area (Å²) in [4.78, 5) is 4.66. The maximum absolute atomic E-state index is 12.1. The second-order valence-corrected chi connectivity index (χ2v) is 5.36. The third kappa shape index (κ3) is 1.30. The number of sulfone groups is 1. The minimum Gasteiger partial charge on any atom is -0.256 e. The van der Waals surface area contributed by atoms with E-state index in [1.54, 1.807) is 18.2 Å². The third-order valence-corrected chi connectivity index (χ3v) is 4.46. The fraction of sp³-hybridized carbons (Fsp3) is 0.222. The van der Waals surface area contributed by atoms with Crippen LogP contribution in [0.5, 0.6) is 0 Å². The molecule has 2 rings (SSSR count). The Balaban J connectivity index is 2.53. The van der Waals surface area contributed by atoms with Gasteiger partial charge in [-0.3, -0.25) is 4.99 Å². The first-order valence-electron chi connectivity index (χ1n) is 4.47.